The highest BCUT2D eigenvalue weighted by Gasteiger charge is 2.15. The van der Waals surface area contributed by atoms with Crippen LogP contribution in [0.3, 0.4) is 0 Å². The summed E-state index contributed by atoms with van der Waals surface area (Å²) < 4.78 is 5.30. The third-order valence-corrected chi connectivity index (χ3v) is 3.62. The molecule has 0 fully saturated rings. The topological polar surface area (TPSA) is 63.8 Å². The number of fused-ring (bicyclic) bond motifs is 1. The maximum atomic E-state index is 5.30. The van der Waals surface area contributed by atoms with Crippen LogP contribution in [0.2, 0.25) is 0 Å². The Kier molecular flexibility index (Phi) is 3.33. The Morgan fingerprint density at radius 3 is 2.62 bits per heavy atom. The van der Waals surface area contributed by atoms with E-state index in [1.807, 2.05) is 19.9 Å². The molecule has 2 aromatic heterocycles. The number of aromatic nitrogens is 3. The molecule has 0 amide bonds. The van der Waals surface area contributed by atoms with E-state index in [1.54, 1.807) is 0 Å². The average Bonchev–Trinajstić information content (AvgIpc) is 2.86. The SMILES string of the molecule is CCc1noc2nc(C)nc(Nc3ccc(C)c(C)c3)c12. The molecule has 3 rings (SSSR count). The van der Waals surface area contributed by atoms with E-state index in [-0.39, 0.29) is 0 Å². The Bertz CT molecular complexity index is 807. The standard InChI is InChI=1S/C16H18N4O/c1-5-13-14-15(17-11(4)18-16(14)21-20-13)19-12-7-6-9(2)10(3)8-12/h6-8H,5H2,1-4H3,(H,17,18,19). The van der Waals surface area contributed by atoms with Crippen LogP contribution in [0.4, 0.5) is 11.5 Å². The van der Waals surface area contributed by atoms with Crippen LogP contribution in [0.5, 0.6) is 0 Å². The quantitative estimate of drug-likeness (QED) is 0.790. The van der Waals surface area contributed by atoms with Crippen LogP contribution in [0.1, 0.15) is 29.6 Å². The monoisotopic (exact) mass is 282 g/mol. The Hall–Kier alpha value is -2.43. The molecule has 0 aliphatic carbocycles. The third kappa shape index (κ3) is 2.46. The molecule has 0 saturated heterocycles. The molecule has 0 aliphatic heterocycles. The van der Waals surface area contributed by atoms with Crippen molar-refractivity contribution in [1.29, 1.82) is 0 Å². The lowest BCUT2D eigenvalue weighted by atomic mass is 10.1. The number of aryl methyl sites for hydroxylation is 4. The highest BCUT2D eigenvalue weighted by atomic mass is 16.5. The second-order valence-electron chi connectivity index (χ2n) is 5.21. The molecule has 1 N–H and O–H groups in total. The molecule has 1 aromatic carbocycles. The fourth-order valence-corrected chi connectivity index (χ4v) is 2.30. The Labute approximate surface area is 123 Å². The second kappa shape index (κ2) is 5.16. The minimum absolute atomic E-state index is 0.533. The van der Waals surface area contributed by atoms with Crippen LogP contribution in [-0.4, -0.2) is 15.1 Å². The van der Waals surface area contributed by atoms with Gasteiger partial charge in [-0.05, 0) is 50.5 Å². The second-order valence-corrected chi connectivity index (χ2v) is 5.21. The van der Waals surface area contributed by atoms with Crippen molar-refractivity contribution in [2.24, 2.45) is 0 Å². The van der Waals surface area contributed by atoms with Gasteiger partial charge in [-0.25, -0.2) is 4.98 Å². The van der Waals surface area contributed by atoms with Crippen LogP contribution in [0, 0.1) is 20.8 Å². The van der Waals surface area contributed by atoms with E-state index in [4.69, 9.17) is 4.52 Å². The molecule has 108 valence electrons. The Morgan fingerprint density at radius 2 is 1.90 bits per heavy atom. The minimum Gasteiger partial charge on any atom is -0.339 e. The molecule has 0 spiro atoms. The molecular formula is C16H18N4O. The van der Waals surface area contributed by atoms with Gasteiger partial charge in [0, 0.05) is 5.69 Å². The van der Waals surface area contributed by atoms with E-state index in [9.17, 15) is 0 Å². The van der Waals surface area contributed by atoms with Gasteiger partial charge in [0.1, 0.15) is 17.0 Å². The lowest BCUT2D eigenvalue weighted by molar-refractivity contribution is 0.439. The van der Waals surface area contributed by atoms with Crippen molar-refractivity contribution in [3.8, 4) is 0 Å². The Balaban J connectivity index is 2.10. The zero-order valence-electron chi connectivity index (χ0n) is 12.7. The molecular weight excluding hydrogens is 264 g/mol. The molecule has 0 aliphatic rings. The minimum atomic E-state index is 0.533. The van der Waals surface area contributed by atoms with Crippen LogP contribution in [-0.2, 0) is 6.42 Å². The first-order chi connectivity index (χ1) is 10.1. The van der Waals surface area contributed by atoms with Gasteiger partial charge < -0.3 is 9.84 Å². The molecule has 2 heterocycles. The summed E-state index contributed by atoms with van der Waals surface area (Å²) in [5.74, 6) is 1.41. The number of nitrogens with zero attached hydrogens (tertiary/aromatic N) is 3. The van der Waals surface area contributed by atoms with Crippen molar-refractivity contribution in [3.63, 3.8) is 0 Å². The van der Waals surface area contributed by atoms with Gasteiger partial charge >= 0.3 is 0 Å². The van der Waals surface area contributed by atoms with Crippen LogP contribution < -0.4 is 5.32 Å². The predicted octanol–water partition coefficient (Wildman–Crippen LogP) is 3.85. The first-order valence-electron chi connectivity index (χ1n) is 7.05. The first kappa shape index (κ1) is 13.5. The fraction of sp³-hybridized carbons (Fsp3) is 0.312. The van der Waals surface area contributed by atoms with Gasteiger partial charge in [0.05, 0.1) is 5.69 Å². The molecule has 0 saturated carbocycles. The van der Waals surface area contributed by atoms with Crippen molar-refractivity contribution in [2.45, 2.75) is 34.1 Å². The maximum absolute atomic E-state index is 5.30. The highest BCUT2D eigenvalue weighted by Crippen LogP contribution is 2.27. The summed E-state index contributed by atoms with van der Waals surface area (Å²) in [6.45, 7) is 8.08. The zero-order chi connectivity index (χ0) is 15.0. The summed E-state index contributed by atoms with van der Waals surface area (Å²) in [6.07, 6.45) is 0.779. The third-order valence-electron chi connectivity index (χ3n) is 3.62. The van der Waals surface area contributed by atoms with E-state index in [2.05, 4.69) is 46.4 Å². The lowest BCUT2D eigenvalue weighted by Crippen LogP contribution is -1.99. The molecule has 0 atom stereocenters. The predicted molar refractivity (Wildman–Crippen MR) is 82.9 cm³/mol. The number of nitrogens with one attached hydrogen (secondary N) is 1. The Morgan fingerprint density at radius 1 is 1.10 bits per heavy atom. The van der Waals surface area contributed by atoms with E-state index in [1.165, 1.54) is 11.1 Å². The smallest absolute Gasteiger partial charge is 0.263 e. The van der Waals surface area contributed by atoms with Gasteiger partial charge in [-0.1, -0.05) is 18.1 Å². The summed E-state index contributed by atoms with van der Waals surface area (Å²) in [7, 11) is 0. The number of hydrogen-bond donors (Lipinski definition) is 1. The van der Waals surface area contributed by atoms with Gasteiger partial charge in [-0.2, -0.15) is 4.98 Å². The largest absolute Gasteiger partial charge is 0.339 e. The van der Waals surface area contributed by atoms with Crippen LogP contribution in [0.25, 0.3) is 11.1 Å². The highest BCUT2D eigenvalue weighted by molar-refractivity contribution is 5.89. The van der Waals surface area contributed by atoms with Crippen molar-refractivity contribution in [2.75, 3.05) is 5.32 Å². The maximum Gasteiger partial charge on any atom is 0.263 e. The van der Waals surface area contributed by atoms with Crippen LogP contribution >= 0.6 is 0 Å². The van der Waals surface area contributed by atoms with E-state index in [0.717, 1.165) is 29.0 Å². The summed E-state index contributed by atoms with van der Waals surface area (Å²) in [5.41, 5.74) is 4.91. The van der Waals surface area contributed by atoms with E-state index >= 15 is 0 Å². The molecule has 5 nitrogen and oxygen atoms in total. The number of hydrogen-bond acceptors (Lipinski definition) is 5. The first-order valence-corrected chi connectivity index (χ1v) is 7.05. The molecule has 21 heavy (non-hydrogen) atoms. The molecule has 5 heteroatoms. The summed E-state index contributed by atoms with van der Waals surface area (Å²) in [5, 5.41) is 8.30. The summed E-state index contributed by atoms with van der Waals surface area (Å²) in [6, 6.07) is 6.25. The van der Waals surface area contributed by atoms with Gasteiger partial charge in [0.15, 0.2) is 0 Å². The lowest BCUT2D eigenvalue weighted by Gasteiger charge is -2.09. The van der Waals surface area contributed by atoms with Crippen molar-refractivity contribution < 1.29 is 4.52 Å². The van der Waals surface area contributed by atoms with Crippen molar-refractivity contribution in [1.82, 2.24) is 15.1 Å². The van der Waals surface area contributed by atoms with Crippen LogP contribution in [0.15, 0.2) is 22.7 Å². The van der Waals surface area contributed by atoms with Crippen molar-refractivity contribution in [3.05, 3.63) is 40.8 Å². The number of benzene rings is 1. The van der Waals surface area contributed by atoms with E-state index in [0.29, 0.717) is 11.5 Å². The van der Waals surface area contributed by atoms with Gasteiger partial charge in [0.25, 0.3) is 5.71 Å². The van der Waals surface area contributed by atoms with Gasteiger partial charge in [0.2, 0.25) is 0 Å². The fourth-order valence-electron chi connectivity index (χ4n) is 2.30. The zero-order valence-corrected chi connectivity index (χ0v) is 12.7. The molecule has 0 bridgehead atoms. The molecule has 0 unspecified atom stereocenters. The summed E-state index contributed by atoms with van der Waals surface area (Å²) in [4.78, 5) is 8.81. The average molecular weight is 282 g/mol. The van der Waals surface area contributed by atoms with Gasteiger partial charge in [-0.15, -0.1) is 0 Å². The number of anilines is 2. The molecule has 0 radical (unpaired) electrons. The van der Waals surface area contributed by atoms with Gasteiger partial charge in [-0.3, -0.25) is 0 Å². The summed E-state index contributed by atoms with van der Waals surface area (Å²) >= 11 is 0. The number of rotatable bonds is 3. The van der Waals surface area contributed by atoms with E-state index < -0.39 is 0 Å². The van der Waals surface area contributed by atoms with Crippen molar-refractivity contribution >= 4 is 22.6 Å². The molecule has 3 aromatic rings. The normalized spacial score (nSPS) is 11.0.